The fourth-order valence-corrected chi connectivity index (χ4v) is 2.91. The third kappa shape index (κ3) is 4.76. The van der Waals surface area contributed by atoms with Gasteiger partial charge in [0.15, 0.2) is 17.1 Å². The molecule has 1 heterocycles. The third-order valence-corrected chi connectivity index (χ3v) is 4.42. The van der Waals surface area contributed by atoms with Crippen molar-refractivity contribution >= 4 is 5.71 Å². The minimum Gasteiger partial charge on any atom is -0.485 e. The van der Waals surface area contributed by atoms with Crippen LogP contribution in [-0.4, -0.2) is 41.4 Å². The van der Waals surface area contributed by atoms with Crippen LogP contribution in [0.4, 0.5) is 8.78 Å². The second kappa shape index (κ2) is 8.99. The number of hydrogen-bond donors (Lipinski definition) is 2. The van der Waals surface area contributed by atoms with Crippen molar-refractivity contribution in [2.24, 2.45) is 5.16 Å². The Balaban J connectivity index is 1.81. The molecule has 1 aliphatic rings. The summed E-state index contributed by atoms with van der Waals surface area (Å²) in [7, 11) is 0. The first kappa shape index (κ1) is 20.0. The minimum absolute atomic E-state index is 0.0852. The lowest BCUT2D eigenvalue weighted by Crippen LogP contribution is -2.34. The summed E-state index contributed by atoms with van der Waals surface area (Å²) in [6.07, 6.45) is 0.498. The zero-order chi connectivity index (χ0) is 20.0. The first-order valence-corrected chi connectivity index (χ1v) is 8.78. The summed E-state index contributed by atoms with van der Waals surface area (Å²) in [5.41, 5.74) is 1.01. The maximum absolute atomic E-state index is 12.7. The van der Waals surface area contributed by atoms with E-state index in [2.05, 4.69) is 9.89 Å². The van der Waals surface area contributed by atoms with Gasteiger partial charge >= 0.3 is 6.61 Å². The Morgan fingerprint density at radius 2 is 1.89 bits per heavy atom. The SMILES string of the molecule is OCCC1(CO)CC(c2ccc(OC(F)F)c(OCc3ccccc3)c2)=NO1. The summed E-state index contributed by atoms with van der Waals surface area (Å²) < 4.78 is 35.7. The predicted octanol–water partition coefficient (Wildman–Crippen LogP) is 3.10. The fraction of sp³-hybridized carbons (Fsp3) is 0.350. The maximum Gasteiger partial charge on any atom is 0.387 e. The first-order valence-electron chi connectivity index (χ1n) is 8.78. The summed E-state index contributed by atoms with van der Waals surface area (Å²) in [5.74, 6) is 0.0611. The van der Waals surface area contributed by atoms with Crippen molar-refractivity contribution in [1.29, 1.82) is 0 Å². The Morgan fingerprint density at radius 1 is 1.11 bits per heavy atom. The smallest absolute Gasteiger partial charge is 0.387 e. The van der Waals surface area contributed by atoms with Crippen LogP contribution in [0.25, 0.3) is 0 Å². The van der Waals surface area contributed by atoms with Crippen LogP contribution in [0.2, 0.25) is 0 Å². The van der Waals surface area contributed by atoms with Crippen LogP contribution < -0.4 is 9.47 Å². The van der Waals surface area contributed by atoms with Crippen molar-refractivity contribution in [2.45, 2.75) is 31.7 Å². The monoisotopic (exact) mass is 393 g/mol. The van der Waals surface area contributed by atoms with Gasteiger partial charge in [-0.15, -0.1) is 0 Å². The molecule has 0 saturated heterocycles. The Kier molecular flexibility index (Phi) is 6.43. The van der Waals surface area contributed by atoms with Crippen LogP contribution in [0.1, 0.15) is 24.0 Å². The van der Waals surface area contributed by atoms with Gasteiger partial charge in [-0.05, 0) is 23.8 Å². The molecular weight excluding hydrogens is 372 g/mol. The van der Waals surface area contributed by atoms with Gasteiger partial charge in [0.25, 0.3) is 0 Å². The molecule has 0 saturated carbocycles. The van der Waals surface area contributed by atoms with Gasteiger partial charge in [0.1, 0.15) is 6.61 Å². The highest BCUT2D eigenvalue weighted by Crippen LogP contribution is 2.34. The second-order valence-corrected chi connectivity index (χ2v) is 6.44. The number of hydrogen-bond acceptors (Lipinski definition) is 6. The van der Waals surface area contributed by atoms with Crippen LogP contribution >= 0.6 is 0 Å². The number of halogens is 2. The lowest BCUT2D eigenvalue weighted by atomic mass is 9.92. The van der Waals surface area contributed by atoms with E-state index in [9.17, 15) is 19.0 Å². The molecule has 0 aromatic heterocycles. The van der Waals surface area contributed by atoms with Gasteiger partial charge in [0.2, 0.25) is 0 Å². The standard InChI is InChI=1S/C20H21F2NO5/c21-19(22)27-17-7-6-15(16-11-20(13-25,8-9-24)28-23-16)10-18(17)26-12-14-4-2-1-3-5-14/h1-7,10,19,24-25H,8-9,11-13H2. The normalized spacial score (nSPS) is 18.7. The predicted molar refractivity (Wildman–Crippen MR) is 97.6 cm³/mol. The second-order valence-electron chi connectivity index (χ2n) is 6.44. The number of aliphatic hydroxyl groups excluding tert-OH is 2. The van der Waals surface area contributed by atoms with Crippen LogP contribution in [0.5, 0.6) is 11.5 Å². The van der Waals surface area contributed by atoms with Crippen LogP contribution in [0, 0.1) is 0 Å². The molecule has 2 aromatic carbocycles. The number of nitrogens with zero attached hydrogens (tertiary/aromatic N) is 1. The number of benzene rings is 2. The van der Waals surface area contributed by atoms with Crippen LogP contribution in [-0.2, 0) is 11.4 Å². The van der Waals surface area contributed by atoms with E-state index in [1.165, 1.54) is 6.07 Å². The molecule has 0 spiro atoms. The van der Waals surface area contributed by atoms with Gasteiger partial charge in [0, 0.05) is 25.0 Å². The summed E-state index contributed by atoms with van der Waals surface area (Å²) in [6.45, 7) is -3.26. The van der Waals surface area contributed by atoms with Crippen LogP contribution in [0.15, 0.2) is 53.7 Å². The molecule has 0 fully saturated rings. The first-order chi connectivity index (χ1) is 13.5. The number of rotatable bonds is 9. The van der Waals surface area contributed by atoms with Crippen LogP contribution in [0.3, 0.4) is 0 Å². The Morgan fingerprint density at radius 3 is 2.57 bits per heavy atom. The molecule has 8 heteroatoms. The summed E-state index contributed by atoms with van der Waals surface area (Å²) in [6, 6.07) is 13.8. The lowest BCUT2D eigenvalue weighted by Gasteiger charge is -2.22. The van der Waals surface area contributed by atoms with E-state index < -0.39 is 12.2 Å². The maximum atomic E-state index is 12.7. The molecule has 2 aromatic rings. The van der Waals surface area contributed by atoms with Crippen molar-refractivity contribution in [2.75, 3.05) is 13.2 Å². The molecular formula is C20H21F2NO5. The quantitative estimate of drug-likeness (QED) is 0.684. The Labute approximate surface area is 161 Å². The Hall–Kier alpha value is -2.71. The van der Waals surface area contributed by atoms with E-state index in [0.29, 0.717) is 11.3 Å². The molecule has 1 atom stereocenters. The number of alkyl halides is 2. The molecule has 0 bridgehead atoms. The van der Waals surface area contributed by atoms with Gasteiger partial charge in [-0.25, -0.2) is 0 Å². The molecule has 1 aliphatic heterocycles. The van der Waals surface area contributed by atoms with Gasteiger partial charge < -0.3 is 24.5 Å². The molecule has 6 nitrogen and oxygen atoms in total. The van der Waals surface area contributed by atoms with Gasteiger partial charge in [-0.3, -0.25) is 0 Å². The third-order valence-electron chi connectivity index (χ3n) is 4.42. The molecule has 150 valence electrons. The summed E-state index contributed by atoms with van der Waals surface area (Å²) in [4.78, 5) is 5.35. The Bertz CT molecular complexity index is 815. The average Bonchev–Trinajstić information content (AvgIpc) is 3.12. The summed E-state index contributed by atoms with van der Waals surface area (Å²) in [5, 5.41) is 22.8. The topological polar surface area (TPSA) is 80.5 Å². The van der Waals surface area contributed by atoms with Crippen molar-refractivity contribution in [3.05, 3.63) is 59.7 Å². The molecule has 3 rings (SSSR count). The molecule has 1 unspecified atom stereocenters. The number of oxime groups is 1. The van der Waals surface area contributed by atoms with Crippen molar-refractivity contribution in [3.63, 3.8) is 0 Å². The molecule has 0 amide bonds. The van der Waals surface area contributed by atoms with Gasteiger partial charge in [-0.1, -0.05) is 35.5 Å². The minimum atomic E-state index is -2.98. The van der Waals surface area contributed by atoms with Crippen molar-refractivity contribution < 1.29 is 33.3 Å². The highest BCUT2D eigenvalue weighted by Gasteiger charge is 2.38. The molecule has 28 heavy (non-hydrogen) atoms. The molecule has 0 aliphatic carbocycles. The van der Waals surface area contributed by atoms with Gasteiger partial charge in [0.05, 0.1) is 12.3 Å². The highest BCUT2D eigenvalue weighted by atomic mass is 19.3. The lowest BCUT2D eigenvalue weighted by molar-refractivity contribution is -0.0697. The zero-order valence-corrected chi connectivity index (χ0v) is 15.1. The van der Waals surface area contributed by atoms with E-state index >= 15 is 0 Å². The number of ether oxygens (including phenoxy) is 2. The van der Waals surface area contributed by atoms with E-state index in [-0.39, 0.29) is 44.2 Å². The zero-order valence-electron chi connectivity index (χ0n) is 15.1. The summed E-state index contributed by atoms with van der Waals surface area (Å²) >= 11 is 0. The van der Waals surface area contributed by atoms with Gasteiger partial charge in [-0.2, -0.15) is 8.78 Å². The van der Waals surface area contributed by atoms with E-state index in [4.69, 9.17) is 9.57 Å². The molecule has 0 radical (unpaired) electrons. The highest BCUT2D eigenvalue weighted by molar-refractivity contribution is 6.02. The van der Waals surface area contributed by atoms with E-state index in [1.807, 2.05) is 30.3 Å². The largest absolute Gasteiger partial charge is 0.485 e. The van der Waals surface area contributed by atoms with E-state index in [0.717, 1.165) is 5.56 Å². The average molecular weight is 393 g/mol. The van der Waals surface area contributed by atoms with Crippen molar-refractivity contribution in [3.8, 4) is 11.5 Å². The van der Waals surface area contributed by atoms with Crippen molar-refractivity contribution in [1.82, 2.24) is 0 Å². The van der Waals surface area contributed by atoms with E-state index in [1.54, 1.807) is 12.1 Å². The molecule has 2 N–H and O–H groups in total. The number of aliphatic hydroxyl groups is 2. The fourth-order valence-electron chi connectivity index (χ4n) is 2.91.